The highest BCUT2D eigenvalue weighted by Crippen LogP contribution is 2.44. The van der Waals surface area contributed by atoms with Crippen LogP contribution in [-0.2, 0) is 27.5 Å². The molecule has 2 aliphatic heterocycles. The first-order valence-electron chi connectivity index (χ1n) is 18.0. The number of aromatic nitrogens is 1. The van der Waals surface area contributed by atoms with Crippen LogP contribution in [0.4, 0.5) is 26.3 Å². The van der Waals surface area contributed by atoms with Crippen molar-refractivity contribution in [3.63, 3.8) is 0 Å². The van der Waals surface area contributed by atoms with Crippen molar-refractivity contribution in [1.82, 2.24) is 14.8 Å². The SMILES string of the molecule is CCC[C@H]1N(C(=O)c2ncccc2C(F)(F)F)CCC[C@@]1(Oc1csc(C(F)(F)F)c1)C(=O)N1CCC(N)(c2ccccc2OCCC(C)(C)C(=O)O)CC1. The lowest BCUT2D eigenvalue weighted by atomic mass is 9.77. The van der Waals surface area contributed by atoms with E-state index in [2.05, 4.69) is 4.98 Å². The maximum atomic E-state index is 14.9. The van der Waals surface area contributed by atoms with Gasteiger partial charge in [-0.3, -0.25) is 19.4 Å². The van der Waals surface area contributed by atoms with Crippen molar-refractivity contribution in [1.29, 1.82) is 0 Å². The third kappa shape index (κ3) is 8.87. The Morgan fingerprint density at radius 3 is 2.31 bits per heavy atom. The minimum absolute atomic E-state index is 0.0283. The highest BCUT2D eigenvalue weighted by Gasteiger charge is 2.56. The molecule has 55 heavy (non-hydrogen) atoms. The van der Waals surface area contributed by atoms with Crippen molar-refractivity contribution < 1.29 is 55.3 Å². The Kier molecular flexibility index (Phi) is 12.2. The molecule has 0 bridgehead atoms. The number of amides is 2. The first kappa shape index (κ1) is 41.8. The van der Waals surface area contributed by atoms with E-state index in [4.69, 9.17) is 15.2 Å². The molecule has 3 N–H and O–H groups in total. The van der Waals surface area contributed by atoms with Crippen LogP contribution in [-0.4, -0.2) is 75.6 Å². The van der Waals surface area contributed by atoms with Crippen LogP contribution >= 0.6 is 11.3 Å². The number of halogens is 6. The highest BCUT2D eigenvalue weighted by molar-refractivity contribution is 7.10. The lowest BCUT2D eigenvalue weighted by molar-refractivity contribution is -0.161. The number of carbonyl (C=O) groups is 3. The van der Waals surface area contributed by atoms with Crippen LogP contribution < -0.4 is 15.2 Å². The van der Waals surface area contributed by atoms with E-state index in [0.29, 0.717) is 29.1 Å². The Morgan fingerprint density at radius 1 is 1.00 bits per heavy atom. The molecule has 17 heteroatoms. The summed E-state index contributed by atoms with van der Waals surface area (Å²) >= 11 is 0.373. The third-order valence-corrected chi connectivity index (χ3v) is 11.4. The topological polar surface area (TPSA) is 135 Å². The van der Waals surface area contributed by atoms with Gasteiger partial charge in [-0.2, -0.15) is 26.3 Å². The zero-order valence-corrected chi connectivity index (χ0v) is 31.5. The van der Waals surface area contributed by atoms with Crippen molar-refractivity contribution in [2.24, 2.45) is 11.1 Å². The number of hydrogen-bond acceptors (Lipinski definition) is 8. The second-order valence-electron chi connectivity index (χ2n) is 14.7. The monoisotopic (exact) mass is 798 g/mol. The fourth-order valence-electron chi connectivity index (χ4n) is 7.25. The summed E-state index contributed by atoms with van der Waals surface area (Å²) in [5.74, 6) is -2.45. The van der Waals surface area contributed by atoms with Crippen LogP contribution in [0.15, 0.2) is 54.0 Å². The van der Waals surface area contributed by atoms with Crippen molar-refractivity contribution in [2.75, 3.05) is 26.2 Å². The number of nitrogens with zero attached hydrogens (tertiary/aromatic N) is 3. The van der Waals surface area contributed by atoms with Crippen LogP contribution in [0.25, 0.3) is 0 Å². The molecular formula is C38H44F6N4O6S. The number of hydrogen-bond donors (Lipinski definition) is 2. The fourth-order valence-corrected chi connectivity index (χ4v) is 7.93. The average Bonchev–Trinajstić information content (AvgIpc) is 3.61. The van der Waals surface area contributed by atoms with Crippen molar-refractivity contribution in [2.45, 2.75) is 95.3 Å². The second kappa shape index (κ2) is 16.0. The number of piperidine rings is 2. The Balaban J connectivity index is 1.47. The van der Waals surface area contributed by atoms with Crippen LogP contribution in [0.5, 0.6) is 11.5 Å². The van der Waals surface area contributed by atoms with Crippen molar-refractivity contribution >= 4 is 29.1 Å². The lowest BCUT2D eigenvalue weighted by Gasteiger charge is -2.51. The first-order chi connectivity index (χ1) is 25.7. The van der Waals surface area contributed by atoms with Crippen LogP contribution in [0.2, 0.25) is 0 Å². The molecule has 0 spiro atoms. The normalized spacial score (nSPS) is 20.6. The summed E-state index contributed by atoms with van der Waals surface area (Å²) in [6.07, 6.45) is -7.38. The molecule has 0 aliphatic carbocycles. The van der Waals surface area contributed by atoms with E-state index < -0.39 is 68.9 Å². The number of para-hydroxylation sites is 1. The predicted octanol–water partition coefficient (Wildman–Crippen LogP) is 7.76. The number of alkyl halides is 6. The molecule has 2 saturated heterocycles. The molecule has 2 aromatic heterocycles. The molecule has 1 aromatic carbocycles. The molecule has 5 rings (SSSR count). The van der Waals surface area contributed by atoms with Gasteiger partial charge in [-0.1, -0.05) is 31.5 Å². The van der Waals surface area contributed by atoms with E-state index >= 15 is 0 Å². The number of pyridine rings is 1. The summed E-state index contributed by atoms with van der Waals surface area (Å²) < 4.78 is 95.6. The molecule has 300 valence electrons. The number of aliphatic carboxylic acids is 1. The molecule has 2 amide bonds. The van der Waals surface area contributed by atoms with Gasteiger partial charge in [0.05, 0.1) is 23.6 Å². The van der Waals surface area contributed by atoms with E-state index in [9.17, 15) is 45.8 Å². The summed E-state index contributed by atoms with van der Waals surface area (Å²) in [7, 11) is 0. The van der Waals surface area contributed by atoms with Gasteiger partial charge in [0.2, 0.25) is 5.60 Å². The van der Waals surface area contributed by atoms with Crippen molar-refractivity contribution in [3.8, 4) is 11.5 Å². The summed E-state index contributed by atoms with van der Waals surface area (Å²) in [5, 5.41) is 10.6. The van der Waals surface area contributed by atoms with Gasteiger partial charge in [-0.05, 0) is 64.2 Å². The molecule has 0 unspecified atom stereocenters. The quantitative estimate of drug-likeness (QED) is 0.178. The number of ether oxygens (including phenoxy) is 2. The smallest absolute Gasteiger partial charge is 0.425 e. The molecule has 2 fully saturated rings. The maximum absolute atomic E-state index is 14.9. The number of rotatable bonds is 12. The number of benzene rings is 1. The fraction of sp³-hybridized carbons (Fsp3) is 0.526. The van der Waals surface area contributed by atoms with Gasteiger partial charge in [0.25, 0.3) is 11.8 Å². The zero-order chi connectivity index (χ0) is 40.4. The number of likely N-dealkylation sites (tertiary alicyclic amines) is 2. The number of carbonyl (C=O) groups excluding carboxylic acids is 2. The molecule has 2 atom stereocenters. The number of nitrogens with two attached hydrogens (primary N) is 1. The molecule has 2 aliphatic rings. The standard InChI is InChI=1S/C38H44F6N4O6S/c1-4-9-28-36(54-24-22-29(55-23-24)38(42,43)44,13-8-18-48(28)31(49)30-26(37(39,40)41)11-7-17-46-30)32(50)47-19-14-35(45,15-20-47)25-10-5-6-12-27(25)53-21-16-34(2,3)33(51)52/h5-7,10-12,17,22-23,28H,4,8-9,13-16,18-21,45H2,1-3H3,(H,51,52)/t28-,36+/m1/s1. The first-order valence-corrected chi connectivity index (χ1v) is 18.8. The van der Waals surface area contributed by atoms with Gasteiger partial charge < -0.3 is 30.1 Å². The van der Waals surface area contributed by atoms with E-state index in [1.807, 2.05) is 0 Å². The number of thiophene rings is 1. The summed E-state index contributed by atoms with van der Waals surface area (Å²) in [6, 6.07) is 8.46. The maximum Gasteiger partial charge on any atom is 0.425 e. The van der Waals surface area contributed by atoms with Gasteiger partial charge in [0.1, 0.15) is 22.1 Å². The van der Waals surface area contributed by atoms with Gasteiger partial charge in [0.15, 0.2) is 0 Å². The van der Waals surface area contributed by atoms with Gasteiger partial charge in [0, 0.05) is 54.8 Å². The summed E-state index contributed by atoms with van der Waals surface area (Å²) in [6.45, 7) is 5.15. The van der Waals surface area contributed by atoms with Crippen LogP contribution in [0, 0.1) is 5.41 Å². The second-order valence-corrected chi connectivity index (χ2v) is 15.6. The Bertz CT molecular complexity index is 1860. The molecule has 0 saturated carbocycles. The van der Waals surface area contributed by atoms with Crippen molar-refractivity contribution in [3.05, 3.63) is 75.7 Å². The van der Waals surface area contributed by atoms with E-state index in [1.54, 1.807) is 45.0 Å². The Labute approximate surface area is 318 Å². The minimum Gasteiger partial charge on any atom is -0.493 e. The molecular weight excluding hydrogens is 754 g/mol. The Hall–Kier alpha value is -4.38. The molecule has 10 nitrogen and oxygen atoms in total. The summed E-state index contributed by atoms with van der Waals surface area (Å²) in [4.78, 5) is 46.0. The zero-order valence-electron chi connectivity index (χ0n) is 30.6. The molecule has 0 radical (unpaired) electrons. The molecule has 4 heterocycles. The third-order valence-electron chi connectivity index (χ3n) is 10.4. The van der Waals surface area contributed by atoms with Gasteiger partial charge in [-0.15, -0.1) is 11.3 Å². The average molecular weight is 799 g/mol. The highest BCUT2D eigenvalue weighted by atomic mass is 32.1. The van der Waals surface area contributed by atoms with Crippen LogP contribution in [0.1, 0.15) is 92.2 Å². The lowest BCUT2D eigenvalue weighted by Crippen LogP contribution is -2.69. The van der Waals surface area contributed by atoms with Gasteiger partial charge >= 0.3 is 18.3 Å². The number of carboxylic acid groups (broad SMARTS) is 1. The summed E-state index contributed by atoms with van der Waals surface area (Å²) in [5.41, 5.74) is 1.53. The largest absolute Gasteiger partial charge is 0.493 e. The van der Waals surface area contributed by atoms with E-state index in [-0.39, 0.29) is 70.5 Å². The van der Waals surface area contributed by atoms with E-state index in [0.717, 1.165) is 34.7 Å². The van der Waals surface area contributed by atoms with Gasteiger partial charge in [-0.25, -0.2) is 0 Å². The predicted molar refractivity (Wildman–Crippen MR) is 191 cm³/mol. The van der Waals surface area contributed by atoms with E-state index in [1.165, 1.54) is 4.90 Å². The Morgan fingerprint density at radius 2 is 1.69 bits per heavy atom. The number of carboxylic acids is 1. The van der Waals surface area contributed by atoms with Crippen LogP contribution in [0.3, 0.4) is 0 Å². The minimum atomic E-state index is -4.91. The molecule has 3 aromatic rings.